The molecule has 0 atom stereocenters. The van der Waals surface area contributed by atoms with Gasteiger partial charge in [-0.1, -0.05) is 24.3 Å². The predicted octanol–water partition coefficient (Wildman–Crippen LogP) is 4.48. The van der Waals surface area contributed by atoms with Gasteiger partial charge >= 0.3 is 12.1 Å². The number of carboxylic acids is 1. The molecule has 1 heterocycles. The maximum absolute atomic E-state index is 12.7. The number of aromatic nitrogens is 1. The molecule has 0 aliphatic heterocycles. The SMILES string of the molecule is Cc1cc(C(=CC=CC(=O)O)c2ccc(C(F)(F)F)cc2)ccn1. The van der Waals surface area contributed by atoms with Crippen molar-refractivity contribution in [2.75, 3.05) is 0 Å². The molecular formula is C18H14F3NO2. The number of aliphatic carboxylic acids is 1. The molecule has 2 rings (SSSR count). The molecule has 1 aromatic carbocycles. The summed E-state index contributed by atoms with van der Waals surface area (Å²) in [6.07, 6.45) is 1.02. The number of aryl methyl sites for hydroxylation is 1. The Bertz CT molecular complexity index is 791. The van der Waals surface area contributed by atoms with Crippen LogP contribution in [0.5, 0.6) is 0 Å². The van der Waals surface area contributed by atoms with Gasteiger partial charge in [0.25, 0.3) is 0 Å². The van der Waals surface area contributed by atoms with Crippen LogP contribution < -0.4 is 0 Å². The zero-order valence-corrected chi connectivity index (χ0v) is 12.7. The van der Waals surface area contributed by atoms with Gasteiger partial charge in [0.1, 0.15) is 0 Å². The summed E-state index contributed by atoms with van der Waals surface area (Å²) in [5.74, 6) is -1.11. The lowest BCUT2D eigenvalue weighted by Crippen LogP contribution is -2.04. The first-order valence-corrected chi connectivity index (χ1v) is 6.99. The summed E-state index contributed by atoms with van der Waals surface area (Å²) in [5, 5.41) is 8.69. The fraction of sp³-hybridized carbons (Fsp3) is 0.111. The van der Waals surface area contributed by atoms with Gasteiger partial charge in [0.05, 0.1) is 5.56 Å². The minimum Gasteiger partial charge on any atom is -0.478 e. The molecule has 3 nitrogen and oxygen atoms in total. The first-order valence-electron chi connectivity index (χ1n) is 6.99. The van der Waals surface area contributed by atoms with Crippen molar-refractivity contribution < 1.29 is 23.1 Å². The lowest BCUT2D eigenvalue weighted by Gasteiger charge is -2.11. The smallest absolute Gasteiger partial charge is 0.416 e. The van der Waals surface area contributed by atoms with Gasteiger partial charge in [-0.25, -0.2) is 4.79 Å². The third-order valence-corrected chi connectivity index (χ3v) is 3.23. The molecule has 24 heavy (non-hydrogen) atoms. The Morgan fingerprint density at radius 2 is 1.79 bits per heavy atom. The van der Waals surface area contributed by atoms with E-state index in [2.05, 4.69) is 4.98 Å². The molecule has 0 aliphatic rings. The molecule has 0 spiro atoms. The van der Waals surface area contributed by atoms with Gasteiger partial charge in [-0.15, -0.1) is 0 Å². The van der Waals surface area contributed by atoms with Crippen LogP contribution in [0.4, 0.5) is 13.2 Å². The van der Waals surface area contributed by atoms with E-state index in [1.807, 2.05) is 0 Å². The lowest BCUT2D eigenvalue weighted by molar-refractivity contribution is -0.137. The third kappa shape index (κ3) is 4.55. The molecule has 0 aliphatic carbocycles. The van der Waals surface area contributed by atoms with Crippen LogP contribution in [-0.2, 0) is 11.0 Å². The maximum atomic E-state index is 12.7. The van der Waals surface area contributed by atoms with E-state index in [0.717, 1.165) is 29.5 Å². The van der Waals surface area contributed by atoms with E-state index in [0.29, 0.717) is 11.1 Å². The molecular weight excluding hydrogens is 319 g/mol. The third-order valence-electron chi connectivity index (χ3n) is 3.23. The summed E-state index contributed by atoms with van der Waals surface area (Å²) in [5.41, 5.74) is 1.89. The second kappa shape index (κ2) is 7.12. The van der Waals surface area contributed by atoms with E-state index in [1.165, 1.54) is 18.2 Å². The first-order chi connectivity index (χ1) is 11.3. The van der Waals surface area contributed by atoms with Gasteiger partial charge in [-0.05, 0) is 47.9 Å². The van der Waals surface area contributed by atoms with E-state index in [9.17, 15) is 18.0 Å². The van der Waals surface area contributed by atoms with Crippen molar-refractivity contribution >= 4 is 11.5 Å². The molecule has 0 unspecified atom stereocenters. The van der Waals surface area contributed by atoms with Gasteiger partial charge in [-0.3, -0.25) is 4.98 Å². The van der Waals surface area contributed by atoms with E-state index in [-0.39, 0.29) is 0 Å². The summed E-state index contributed by atoms with van der Waals surface area (Å²) >= 11 is 0. The standard InChI is InChI=1S/C18H14F3NO2/c1-12-11-14(9-10-22-12)16(3-2-4-17(23)24)13-5-7-15(8-6-13)18(19,20)21/h2-11H,1H3,(H,23,24). The maximum Gasteiger partial charge on any atom is 0.416 e. The molecule has 1 N–H and O–H groups in total. The fourth-order valence-corrected chi connectivity index (χ4v) is 2.14. The molecule has 0 amide bonds. The van der Waals surface area contributed by atoms with Crippen molar-refractivity contribution in [3.63, 3.8) is 0 Å². The Hall–Kier alpha value is -2.89. The number of carbonyl (C=O) groups is 1. The highest BCUT2D eigenvalue weighted by molar-refractivity contribution is 5.84. The Balaban J connectivity index is 2.48. The quantitative estimate of drug-likeness (QED) is 0.663. The topological polar surface area (TPSA) is 50.2 Å². The Morgan fingerprint density at radius 3 is 2.33 bits per heavy atom. The zero-order valence-electron chi connectivity index (χ0n) is 12.7. The van der Waals surface area contributed by atoms with Crippen molar-refractivity contribution in [1.82, 2.24) is 4.98 Å². The number of rotatable bonds is 4. The number of carboxylic acid groups (broad SMARTS) is 1. The summed E-state index contributed by atoms with van der Waals surface area (Å²) in [4.78, 5) is 14.7. The van der Waals surface area contributed by atoms with Crippen LogP contribution in [0.1, 0.15) is 22.4 Å². The lowest BCUT2D eigenvalue weighted by atomic mass is 9.96. The average molecular weight is 333 g/mol. The summed E-state index contributed by atoms with van der Waals surface area (Å²) in [6.45, 7) is 1.79. The highest BCUT2D eigenvalue weighted by Crippen LogP contribution is 2.31. The van der Waals surface area contributed by atoms with Crippen LogP contribution in [0.15, 0.2) is 60.8 Å². The minimum absolute atomic E-state index is 0.545. The van der Waals surface area contributed by atoms with Crippen LogP contribution in [0, 0.1) is 6.92 Å². The zero-order chi connectivity index (χ0) is 17.7. The molecule has 6 heteroatoms. The van der Waals surface area contributed by atoms with E-state index in [4.69, 9.17) is 5.11 Å². The Kier molecular flexibility index (Phi) is 5.18. The van der Waals surface area contributed by atoms with Crippen LogP contribution in [0.25, 0.3) is 5.57 Å². The number of nitrogens with zero attached hydrogens (tertiary/aromatic N) is 1. The number of benzene rings is 1. The van der Waals surface area contributed by atoms with Crippen LogP contribution in [0.2, 0.25) is 0 Å². The summed E-state index contributed by atoms with van der Waals surface area (Å²) < 4.78 is 38.1. The number of halogens is 3. The number of hydrogen-bond donors (Lipinski definition) is 1. The predicted molar refractivity (Wildman–Crippen MR) is 84.3 cm³/mol. The molecule has 0 bridgehead atoms. The largest absolute Gasteiger partial charge is 0.478 e. The number of alkyl halides is 3. The molecule has 2 aromatic rings. The highest BCUT2D eigenvalue weighted by atomic mass is 19.4. The minimum atomic E-state index is -4.40. The van der Waals surface area contributed by atoms with Gasteiger partial charge in [0.15, 0.2) is 0 Å². The van der Waals surface area contributed by atoms with Crippen molar-refractivity contribution in [2.24, 2.45) is 0 Å². The summed E-state index contributed by atoms with van der Waals surface area (Å²) in [7, 11) is 0. The van der Waals surface area contributed by atoms with Crippen LogP contribution in [0.3, 0.4) is 0 Å². The molecule has 1 aromatic heterocycles. The molecule has 0 saturated heterocycles. The molecule has 0 radical (unpaired) electrons. The first kappa shape index (κ1) is 17.5. The van der Waals surface area contributed by atoms with E-state index in [1.54, 1.807) is 31.3 Å². The normalized spacial score (nSPS) is 12.6. The second-order valence-electron chi connectivity index (χ2n) is 5.04. The van der Waals surface area contributed by atoms with Gasteiger partial charge in [0, 0.05) is 18.0 Å². The van der Waals surface area contributed by atoms with Crippen LogP contribution >= 0.6 is 0 Å². The fourth-order valence-electron chi connectivity index (χ4n) is 2.14. The van der Waals surface area contributed by atoms with E-state index >= 15 is 0 Å². The van der Waals surface area contributed by atoms with Crippen molar-refractivity contribution in [2.45, 2.75) is 13.1 Å². The van der Waals surface area contributed by atoms with Gasteiger partial charge in [0.2, 0.25) is 0 Å². The number of allylic oxidation sites excluding steroid dienone is 2. The average Bonchev–Trinajstić information content (AvgIpc) is 2.50. The Morgan fingerprint density at radius 1 is 1.12 bits per heavy atom. The monoisotopic (exact) mass is 333 g/mol. The molecule has 124 valence electrons. The van der Waals surface area contributed by atoms with E-state index < -0.39 is 17.7 Å². The van der Waals surface area contributed by atoms with Crippen LogP contribution in [-0.4, -0.2) is 16.1 Å². The molecule has 0 fully saturated rings. The number of pyridine rings is 1. The number of hydrogen-bond acceptors (Lipinski definition) is 2. The van der Waals surface area contributed by atoms with Gasteiger partial charge < -0.3 is 5.11 Å². The molecule has 0 saturated carbocycles. The van der Waals surface area contributed by atoms with Crippen molar-refractivity contribution in [1.29, 1.82) is 0 Å². The highest BCUT2D eigenvalue weighted by Gasteiger charge is 2.30. The van der Waals surface area contributed by atoms with Crippen molar-refractivity contribution in [3.8, 4) is 0 Å². The van der Waals surface area contributed by atoms with Crippen molar-refractivity contribution in [3.05, 3.63) is 83.2 Å². The Labute approximate surface area is 136 Å². The van der Waals surface area contributed by atoms with Gasteiger partial charge in [-0.2, -0.15) is 13.2 Å². The second-order valence-corrected chi connectivity index (χ2v) is 5.04. The summed E-state index contributed by atoms with van der Waals surface area (Å²) in [6, 6.07) is 8.21.